The highest BCUT2D eigenvalue weighted by molar-refractivity contribution is 6.29. The first-order chi connectivity index (χ1) is 9.13. The van der Waals surface area contributed by atoms with Crippen molar-refractivity contribution in [3.05, 3.63) is 47.4 Å². The molecule has 2 aromatic heterocycles. The summed E-state index contributed by atoms with van der Waals surface area (Å²) in [6.07, 6.45) is 1.27. The lowest BCUT2D eigenvalue weighted by molar-refractivity contribution is 0.434. The van der Waals surface area contributed by atoms with E-state index in [4.69, 9.17) is 16.3 Å². The van der Waals surface area contributed by atoms with Crippen molar-refractivity contribution in [3.63, 3.8) is 0 Å². The Morgan fingerprint density at radius 2 is 2.00 bits per heavy atom. The first-order valence-corrected chi connectivity index (χ1v) is 5.50. The molecule has 0 bridgehead atoms. The van der Waals surface area contributed by atoms with Gasteiger partial charge in [-0.3, -0.25) is 0 Å². The van der Waals surface area contributed by atoms with Crippen LogP contribution in [0.5, 0.6) is 11.6 Å². The van der Waals surface area contributed by atoms with Crippen LogP contribution in [0.15, 0.2) is 30.6 Å². The van der Waals surface area contributed by atoms with Crippen LogP contribution in [-0.2, 0) is 0 Å². The van der Waals surface area contributed by atoms with Crippen LogP contribution in [0.4, 0.5) is 8.78 Å². The minimum Gasteiger partial charge on any atom is -0.439 e. The summed E-state index contributed by atoms with van der Waals surface area (Å²) in [5.74, 6) is -1.42. The Hall–Kier alpha value is -2.28. The van der Waals surface area contributed by atoms with Gasteiger partial charge in [0.1, 0.15) is 17.2 Å². The van der Waals surface area contributed by atoms with Crippen LogP contribution in [0.25, 0.3) is 5.78 Å². The number of aromatic nitrogens is 4. The quantitative estimate of drug-likeness (QED) is 0.678. The molecule has 0 aliphatic carbocycles. The Morgan fingerprint density at radius 1 is 1.16 bits per heavy atom. The number of nitrogens with zero attached hydrogens (tertiary/aromatic N) is 4. The molecule has 0 aliphatic rings. The van der Waals surface area contributed by atoms with E-state index in [1.165, 1.54) is 23.0 Å². The fourth-order valence-electron chi connectivity index (χ4n) is 1.49. The Balaban J connectivity index is 2.04. The zero-order valence-electron chi connectivity index (χ0n) is 9.22. The van der Waals surface area contributed by atoms with Crippen molar-refractivity contribution in [1.29, 1.82) is 0 Å². The van der Waals surface area contributed by atoms with E-state index >= 15 is 0 Å². The number of benzene rings is 1. The highest BCUT2D eigenvalue weighted by Gasteiger charge is 2.10. The fraction of sp³-hybridized carbons (Fsp3) is 0. The predicted molar refractivity (Wildman–Crippen MR) is 62.2 cm³/mol. The number of hydrogen-bond donors (Lipinski definition) is 0. The summed E-state index contributed by atoms with van der Waals surface area (Å²) in [6, 6.07) is 4.57. The maximum Gasteiger partial charge on any atom is 0.256 e. The van der Waals surface area contributed by atoms with E-state index in [-0.39, 0.29) is 22.6 Å². The van der Waals surface area contributed by atoms with Gasteiger partial charge in [-0.05, 0) is 12.1 Å². The van der Waals surface area contributed by atoms with Crippen LogP contribution in [0, 0.1) is 11.6 Å². The molecule has 3 rings (SSSR count). The van der Waals surface area contributed by atoms with Gasteiger partial charge < -0.3 is 4.74 Å². The first kappa shape index (κ1) is 11.8. The van der Waals surface area contributed by atoms with Gasteiger partial charge in [0, 0.05) is 12.1 Å². The van der Waals surface area contributed by atoms with Gasteiger partial charge in [0.2, 0.25) is 5.88 Å². The monoisotopic (exact) mass is 282 g/mol. The molecular weight excluding hydrogens is 278 g/mol. The lowest BCUT2D eigenvalue weighted by Gasteiger charge is -2.07. The predicted octanol–water partition coefficient (Wildman–Crippen LogP) is 2.85. The summed E-state index contributed by atoms with van der Waals surface area (Å²) in [6.45, 7) is 0. The lowest BCUT2D eigenvalue weighted by Crippen LogP contribution is -1.98. The van der Waals surface area contributed by atoms with Crippen molar-refractivity contribution < 1.29 is 13.5 Å². The van der Waals surface area contributed by atoms with Crippen LogP contribution in [0.2, 0.25) is 5.15 Å². The van der Waals surface area contributed by atoms with Crippen molar-refractivity contribution >= 4 is 17.4 Å². The average Bonchev–Trinajstić information content (AvgIpc) is 2.82. The molecule has 3 aromatic rings. The second-order valence-electron chi connectivity index (χ2n) is 3.57. The van der Waals surface area contributed by atoms with Crippen LogP contribution in [-0.4, -0.2) is 19.6 Å². The normalized spacial score (nSPS) is 10.9. The summed E-state index contributed by atoms with van der Waals surface area (Å²) in [5, 5.41) is 4.04. The number of rotatable bonds is 2. The number of fused-ring (bicyclic) bond motifs is 1. The van der Waals surface area contributed by atoms with E-state index in [1.54, 1.807) is 0 Å². The largest absolute Gasteiger partial charge is 0.439 e. The summed E-state index contributed by atoms with van der Waals surface area (Å²) < 4.78 is 32.6. The summed E-state index contributed by atoms with van der Waals surface area (Å²) in [4.78, 5) is 7.77. The van der Waals surface area contributed by atoms with Gasteiger partial charge in [-0.2, -0.15) is 19.6 Å². The Labute approximate surface area is 110 Å². The zero-order chi connectivity index (χ0) is 13.4. The second kappa shape index (κ2) is 4.43. The Morgan fingerprint density at radius 3 is 2.79 bits per heavy atom. The minimum atomic E-state index is -1.01. The van der Waals surface area contributed by atoms with E-state index in [2.05, 4.69) is 15.1 Å². The third-order valence-corrected chi connectivity index (χ3v) is 2.50. The first-order valence-electron chi connectivity index (χ1n) is 5.13. The topological polar surface area (TPSA) is 52.3 Å². The van der Waals surface area contributed by atoms with Gasteiger partial charge >= 0.3 is 0 Å². The molecule has 0 saturated heterocycles. The molecule has 0 N–H and O–H groups in total. The molecule has 0 aliphatic heterocycles. The van der Waals surface area contributed by atoms with Crippen molar-refractivity contribution in [1.82, 2.24) is 19.6 Å². The highest BCUT2D eigenvalue weighted by Crippen LogP contribution is 2.24. The van der Waals surface area contributed by atoms with E-state index in [1.807, 2.05) is 0 Å². The lowest BCUT2D eigenvalue weighted by atomic mass is 10.3. The average molecular weight is 283 g/mol. The van der Waals surface area contributed by atoms with Crippen molar-refractivity contribution in [2.24, 2.45) is 0 Å². The van der Waals surface area contributed by atoms with Crippen LogP contribution >= 0.6 is 11.6 Å². The standard InChI is InChI=1S/C11H5ClF2N4O/c12-9-4-10(18-11(17-9)15-5-16-18)19-6-1-2-7(13)8(14)3-6/h1-5H. The molecule has 0 fully saturated rings. The second-order valence-corrected chi connectivity index (χ2v) is 3.95. The van der Waals surface area contributed by atoms with E-state index in [9.17, 15) is 8.78 Å². The number of halogens is 3. The summed E-state index contributed by atoms with van der Waals surface area (Å²) in [5.41, 5.74) is 0. The van der Waals surface area contributed by atoms with Crippen LogP contribution in [0.1, 0.15) is 0 Å². The molecule has 0 unspecified atom stereocenters. The summed E-state index contributed by atoms with van der Waals surface area (Å²) >= 11 is 5.80. The van der Waals surface area contributed by atoms with Crippen LogP contribution < -0.4 is 4.74 Å². The molecule has 19 heavy (non-hydrogen) atoms. The van der Waals surface area contributed by atoms with Gasteiger partial charge in [-0.1, -0.05) is 11.6 Å². The Kier molecular flexibility index (Phi) is 2.75. The van der Waals surface area contributed by atoms with E-state index < -0.39 is 11.6 Å². The van der Waals surface area contributed by atoms with Crippen molar-refractivity contribution in [3.8, 4) is 11.6 Å². The van der Waals surface area contributed by atoms with Crippen LogP contribution in [0.3, 0.4) is 0 Å². The number of hydrogen-bond acceptors (Lipinski definition) is 4. The molecule has 2 heterocycles. The SMILES string of the molecule is Fc1ccc(Oc2cc(Cl)nc3ncnn23)cc1F. The van der Waals surface area contributed by atoms with Gasteiger partial charge in [-0.15, -0.1) is 0 Å². The van der Waals surface area contributed by atoms with E-state index in [0.717, 1.165) is 12.1 Å². The molecule has 0 amide bonds. The van der Waals surface area contributed by atoms with Gasteiger partial charge in [-0.25, -0.2) is 8.78 Å². The highest BCUT2D eigenvalue weighted by atomic mass is 35.5. The van der Waals surface area contributed by atoms with Gasteiger partial charge in [0.25, 0.3) is 5.78 Å². The maximum atomic E-state index is 13.1. The van der Waals surface area contributed by atoms with Crippen molar-refractivity contribution in [2.45, 2.75) is 0 Å². The fourth-order valence-corrected chi connectivity index (χ4v) is 1.66. The zero-order valence-corrected chi connectivity index (χ0v) is 9.97. The number of ether oxygens (including phenoxy) is 1. The third-order valence-electron chi connectivity index (χ3n) is 2.30. The smallest absolute Gasteiger partial charge is 0.256 e. The maximum absolute atomic E-state index is 13.1. The molecule has 0 atom stereocenters. The third kappa shape index (κ3) is 2.19. The molecule has 8 heteroatoms. The summed E-state index contributed by atoms with van der Waals surface area (Å²) in [7, 11) is 0. The van der Waals surface area contributed by atoms with E-state index in [0.29, 0.717) is 0 Å². The molecule has 5 nitrogen and oxygen atoms in total. The molecular formula is C11H5ClF2N4O. The Bertz CT molecular complexity index is 762. The molecule has 0 spiro atoms. The molecule has 96 valence electrons. The molecule has 0 saturated carbocycles. The minimum absolute atomic E-state index is 0.109. The molecule has 1 aromatic carbocycles. The van der Waals surface area contributed by atoms with Gasteiger partial charge in [0.15, 0.2) is 11.6 Å². The molecule has 0 radical (unpaired) electrons. The van der Waals surface area contributed by atoms with Gasteiger partial charge in [0.05, 0.1) is 0 Å². The van der Waals surface area contributed by atoms with Crippen molar-refractivity contribution in [2.75, 3.05) is 0 Å².